The highest BCUT2D eigenvalue weighted by atomic mass is 19.1. The van der Waals surface area contributed by atoms with E-state index < -0.39 is 0 Å². The quantitative estimate of drug-likeness (QED) is 0.914. The average Bonchev–Trinajstić information content (AvgIpc) is 2.40. The highest BCUT2D eigenvalue weighted by Gasteiger charge is 2.16. The number of anilines is 1. The fourth-order valence-corrected chi connectivity index (χ4v) is 1.79. The summed E-state index contributed by atoms with van der Waals surface area (Å²) in [7, 11) is 1.80. The fraction of sp³-hybridized carbons (Fsp3) is 0.286. The predicted molar refractivity (Wildman–Crippen MR) is 72.1 cm³/mol. The van der Waals surface area contributed by atoms with Gasteiger partial charge in [-0.1, -0.05) is 13.8 Å². The van der Waals surface area contributed by atoms with Gasteiger partial charge in [0.1, 0.15) is 23.7 Å². The van der Waals surface area contributed by atoms with Gasteiger partial charge in [0, 0.05) is 7.05 Å². The summed E-state index contributed by atoms with van der Waals surface area (Å²) in [6.07, 6.45) is 1.44. The summed E-state index contributed by atoms with van der Waals surface area (Å²) < 4.78 is 18.6. The molecule has 0 spiro atoms. The van der Waals surface area contributed by atoms with Gasteiger partial charge in [0.25, 0.3) is 0 Å². The summed E-state index contributed by atoms with van der Waals surface area (Å²) in [6, 6.07) is 5.84. The van der Waals surface area contributed by atoms with E-state index in [1.54, 1.807) is 19.2 Å². The molecule has 0 amide bonds. The molecule has 100 valence electrons. The van der Waals surface area contributed by atoms with Gasteiger partial charge >= 0.3 is 0 Å². The van der Waals surface area contributed by atoms with Crippen molar-refractivity contribution in [2.75, 3.05) is 12.4 Å². The van der Waals surface area contributed by atoms with Crippen LogP contribution in [0.15, 0.2) is 30.6 Å². The second-order valence-electron chi connectivity index (χ2n) is 4.40. The van der Waals surface area contributed by atoms with Crippen molar-refractivity contribution >= 4 is 5.82 Å². The molecule has 1 aromatic heterocycles. The summed E-state index contributed by atoms with van der Waals surface area (Å²) >= 11 is 0. The largest absolute Gasteiger partial charge is 0.439 e. The van der Waals surface area contributed by atoms with E-state index in [-0.39, 0.29) is 11.7 Å². The second kappa shape index (κ2) is 5.65. The molecule has 1 aromatic carbocycles. The van der Waals surface area contributed by atoms with Crippen LogP contribution in [-0.4, -0.2) is 17.0 Å². The van der Waals surface area contributed by atoms with Gasteiger partial charge in [0.05, 0.1) is 5.56 Å². The molecule has 0 saturated heterocycles. The van der Waals surface area contributed by atoms with Crippen LogP contribution in [0, 0.1) is 5.82 Å². The molecule has 0 unspecified atom stereocenters. The van der Waals surface area contributed by atoms with Gasteiger partial charge in [-0.15, -0.1) is 0 Å². The maximum atomic E-state index is 12.9. The first-order valence-electron chi connectivity index (χ1n) is 6.08. The molecule has 2 aromatic rings. The van der Waals surface area contributed by atoms with Gasteiger partial charge in [-0.25, -0.2) is 14.4 Å². The van der Waals surface area contributed by atoms with Crippen LogP contribution in [0.4, 0.5) is 10.2 Å². The van der Waals surface area contributed by atoms with Gasteiger partial charge in [-0.3, -0.25) is 0 Å². The van der Waals surface area contributed by atoms with Crippen molar-refractivity contribution in [2.24, 2.45) is 0 Å². The first-order valence-corrected chi connectivity index (χ1v) is 6.08. The molecule has 19 heavy (non-hydrogen) atoms. The highest BCUT2D eigenvalue weighted by molar-refractivity contribution is 5.51. The Morgan fingerprint density at radius 1 is 1.16 bits per heavy atom. The molecule has 5 heteroatoms. The Hall–Kier alpha value is -2.17. The Kier molecular flexibility index (Phi) is 3.94. The van der Waals surface area contributed by atoms with Gasteiger partial charge in [0.15, 0.2) is 0 Å². The summed E-state index contributed by atoms with van der Waals surface area (Å²) in [5, 5.41) is 3.02. The van der Waals surface area contributed by atoms with Crippen molar-refractivity contribution in [1.29, 1.82) is 0 Å². The topological polar surface area (TPSA) is 47.0 Å². The lowest BCUT2D eigenvalue weighted by Crippen LogP contribution is -2.04. The van der Waals surface area contributed by atoms with E-state index in [0.717, 1.165) is 11.4 Å². The minimum absolute atomic E-state index is 0.207. The Bertz CT molecular complexity index is 555. The highest BCUT2D eigenvalue weighted by Crippen LogP contribution is 2.32. The standard InChI is InChI=1S/C14H16FN3O/c1-9(2)12-13(16-3)17-8-18-14(12)19-11-6-4-10(15)5-7-11/h4-9H,1-3H3,(H,16,17,18). The van der Waals surface area contributed by atoms with E-state index in [4.69, 9.17) is 4.74 Å². The molecule has 1 N–H and O–H groups in total. The number of rotatable bonds is 4. The third-order valence-corrected chi connectivity index (χ3v) is 2.69. The number of halogens is 1. The molecule has 0 atom stereocenters. The first kappa shape index (κ1) is 13.3. The summed E-state index contributed by atoms with van der Waals surface area (Å²) in [4.78, 5) is 8.33. The second-order valence-corrected chi connectivity index (χ2v) is 4.40. The molecule has 0 radical (unpaired) electrons. The van der Waals surface area contributed by atoms with Crippen LogP contribution in [0.1, 0.15) is 25.3 Å². The number of hydrogen-bond acceptors (Lipinski definition) is 4. The molecule has 0 aliphatic rings. The van der Waals surface area contributed by atoms with Crippen LogP contribution < -0.4 is 10.1 Å². The molecule has 0 fully saturated rings. The molecule has 4 nitrogen and oxygen atoms in total. The normalized spacial score (nSPS) is 10.6. The molecule has 0 aliphatic carbocycles. The Morgan fingerprint density at radius 2 is 1.84 bits per heavy atom. The van der Waals surface area contributed by atoms with Crippen LogP contribution in [0.25, 0.3) is 0 Å². The number of benzene rings is 1. The maximum absolute atomic E-state index is 12.9. The molecule has 0 saturated carbocycles. The zero-order valence-electron chi connectivity index (χ0n) is 11.1. The van der Waals surface area contributed by atoms with Crippen LogP contribution in [-0.2, 0) is 0 Å². The summed E-state index contributed by atoms with van der Waals surface area (Å²) in [5.41, 5.74) is 0.898. The van der Waals surface area contributed by atoms with Crippen LogP contribution in [0.2, 0.25) is 0 Å². The molecular formula is C14H16FN3O. The lowest BCUT2D eigenvalue weighted by atomic mass is 10.1. The first-order chi connectivity index (χ1) is 9.11. The SMILES string of the molecule is CNc1ncnc(Oc2ccc(F)cc2)c1C(C)C. The maximum Gasteiger partial charge on any atom is 0.227 e. The van der Waals surface area contributed by atoms with Gasteiger partial charge < -0.3 is 10.1 Å². The Labute approximate surface area is 111 Å². The van der Waals surface area contributed by atoms with E-state index in [0.29, 0.717) is 11.6 Å². The molecular weight excluding hydrogens is 245 g/mol. The monoisotopic (exact) mass is 261 g/mol. The Morgan fingerprint density at radius 3 is 2.42 bits per heavy atom. The Balaban J connectivity index is 2.36. The average molecular weight is 261 g/mol. The van der Waals surface area contributed by atoms with Crippen molar-refractivity contribution in [3.05, 3.63) is 42.0 Å². The zero-order valence-corrected chi connectivity index (χ0v) is 11.1. The van der Waals surface area contributed by atoms with Crippen LogP contribution in [0.5, 0.6) is 11.6 Å². The van der Waals surface area contributed by atoms with E-state index in [1.165, 1.54) is 18.5 Å². The number of aromatic nitrogens is 2. The fourth-order valence-electron chi connectivity index (χ4n) is 1.79. The molecule has 0 bridgehead atoms. The van der Waals surface area contributed by atoms with Crippen molar-refractivity contribution < 1.29 is 9.13 Å². The number of nitrogens with zero attached hydrogens (tertiary/aromatic N) is 2. The molecule has 0 aliphatic heterocycles. The summed E-state index contributed by atoms with van der Waals surface area (Å²) in [6.45, 7) is 4.08. The van der Waals surface area contributed by atoms with E-state index in [1.807, 2.05) is 13.8 Å². The van der Waals surface area contributed by atoms with Crippen molar-refractivity contribution in [3.8, 4) is 11.6 Å². The van der Waals surface area contributed by atoms with E-state index in [2.05, 4.69) is 15.3 Å². The third kappa shape index (κ3) is 2.99. The van der Waals surface area contributed by atoms with Gasteiger partial charge in [-0.05, 0) is 30.2 Å². The van der Waals surface area contributed by atoms with Gasteiger partial charge in [0.2, 0.25) is 5.88 Å². The van der Waals surface area contributed by atoms with E-state index >= 15 is 0 Å². The lowest BCUT2D eigenvalue weighted by Gasteiger charge is -2.15. The minimum atomic E-state index is -0.296. The number of ether oxygens (including phenoxy) is 1. The zero-order chi connectivity index (χ0) is 13.8. The number of hydrogen-bond donors (Lipinski definition) is 1. The number of nitrogens with one attached hydrogen (secondary N) is 1. The molecule has 2 rings (SSSR count). The third-order valence-electron chi connectivity index (χ3n) is 2.69. The lowest BCUT2D eigenvalue weighted by molar-refractivity contribution is 0.450. The van der Waals surface area contributed by atoms with Crippen LogP contribution >= 0.6 is 0 Å². The van der Waals surface area contributed by atoms with Crippen LogP contribution in [0.3, 0.4) is 0 Å². The predicted octanol–water partition coefficient (Wildman–Crippen LogP) is 3.57. The summed E-state index contributed by atoms with van der Waals surface area (Å²) in [5.74, 6) is 1.68. The van der Waals surface area contributed by atoms with Gasteiger partial charge in [-0.2, -0.15) is 0 Å². The van der Waals surface area contributed by atoms with E-state index in [9.17, 15) is 4.39 Å². The minimum Gasteiger partial charge on any atom is -0.439 e. The van der Waals surface area contributed by atoms with Crippen molar-refractivity contribution in [1.82, 2.24) is 9.97 Å². The van der Waals surface area contributed by atoms with Crippen molar-refractivity contribution in [2.45, 2.75) is 19.8 Å². The molecule has 1 heterocycles. The smallest absolute Gasteiger partial charge is 0.227 e. The van der Waals surface area contributed by atoms with Crippen molar-refractivity contribution in [3.63, 3.8) is 0 Å².